The second-order valence-electron chi connectivity index (χ2n) is 4.29. The van der Waals surface area contributed by atoms with Crippen LogP contribution in [0.2, 0.25) is 0 Å². The van der Waals surface area contributed by atoms with Crippen molar-refractivity contribution in [2.45, 2.75) is 18.9 Å². The lowest BCUT2D eigenvalue weighted by atomic mass is 10.0. The monoisotopic (exact) mass is 230 g/mol. The van der Waals surface area contributed by atoms with Gasteiger partial charge in [0.25, 0.3) is 0 Å². The molecule has 2 aliphatic heterocycles. The van der Waals surface area contributed by atoms with Gasteiger partial charge in [0.2, 0.25) is 0 Å². The molecule has 1 aromatic carbocycles. The van der Waals surface area contributed by atoms with E-state index in [4.69, 9.17) is 0 Å². The lowest BCUT2D eigenvalue weighted by Crippen LogP contribution is -2.30. The van der Waals surface area contributed by atoms with E-state index >= 15 is 0 Å². The highest BCUT2D eigenvalue weighted by molar-refractivity contribution is 6.06. The molecule has 87 valence electrons. The number of anilines is 1. The van der Waals surface area contributed by atoms with Crippen molar-refractivity contribution < 1.29 is 9.59 Å². The Morgan fingerprint density at radius 2 is 2.29 bits per heavy atom. The Labute approximate surface area is 98.6 Å². The molecule has 1 radical (unpaired) electrons. The number of benzene rings is 1. The summed E-state index contributed by atoms with van der Waals surface area (Å²) in [5.74, 6) is 0.0832. The van der Waals surface area contributed by atoms with E-state index in [1.165, 1.54) is 0 Å². The van der Waals surface area contributed by atoms with Crippen molar-refractivity contribution in [2.24, 2.45) is 0 Å². The fourth-order valence-corrected chi connectivity index (χ4v) is 2.25. The zero-order valence-corrected chi connectivity index (χ0v) is 9.19. The zero-order valence-electron chi connectivity index (χ0n) is 9.19. The molecule has 0 saturated carbocycles. The summed E-state index contributed by atoms with van der Waals surface area (Å²) in [5.41, 5.74) is 1.84. The van der Waals surface area contributed by atoms with Crippen LogP contribution in [0.5, 0.6) is 0 Å². The Morgan fingerprint density at radius 3 is 3.06 bits per heavy atom. The van der Waals surface area contributed by atoms with Crippen molar-refractivity contribution in [3.8, 4) is 0 Å². The quantitative estimate of drug-likeness (QED) is 0.754. The zero-order chi connectivity index (χ0) is 11.8. The first-order valence-corrected chi connectivity index (χ1v) is 5.68. The number of urea groups is 1. The number of Topliss-reactive ketones (excluding diaryl/α,β-unsaturated/α-hetero) is 1. The summed E-state index contributed by atoms with van der Waals surface area (Å²) in [7, 11) is 0. The van der Waals surface area contributed by atoms with Crippen molar-refractivity contribution in [1.82, 2.24) is 10.6 Å². The summed E-state index contributed by atoms with van der Waals surface area (Å²) in [5, 5.41) is 9.57. The van der Waals surface area contributed by atoms with Crippen molar-refractivity contribution in [2.75, 3.05) is 11.9 Å². The number of ketones is 1. The fraction of sp³-hybridized carbons (Fsp3) is 0.333. The molecule has 2 heterocycles. The van der Waals surface area contributed by atoms with E-state index in [0.717, 1.165) is 19.4 Å². The van der Waals surface area contributed by atoms with Crippen LogP contribution in [0.1, 0.15) is 23.2 Å². The van der Waals surface area contributed by atoms with Crippen LogP contribution >= 0.6 is 0 Å². The minimum absolute atomic E-state index is 0.0832. The second kappa shape index (κ2) is 3.85. The largest absolute Gasteiger partial charge is 0.346 e. The number of rotatable bonds is 2. The van der Waals surface area contributed by atoms with Gasteiger partial charge in [0.15, 0.2) is 5.78 Å². The number of fused-ring (bicyclic) bond motifs is 1. The summed E-state index contributed by atoms with van der Waals surface area (Å²) in [6.07, 6.45) is 1.91. The van der Waals surface area contributed by atoms with Crippen LogP contribution in [0.4, 0.5) is 16.2 Å². The number of carbonyl (C=O) groups excluding carboxylic acids is 2. The average molecular weight is 230 g/mol. The predicted octanol–water partition coefficient (Wildman–Crippen LogP) is 1.40. The Hall–Kier alpha value is -1.88. The van der Waals surface area contributed by atoms with Gasteiger partial charge in [0.1, 0.15) is 0 Å². The molecule has 5 nitrogen and oxygen atoms in total. The first-order chi connectivity index (χ1) is 8.24. The molecular formula is C12H12N3O2. The molecule has 1 unspecified atom stereocenters. The van der Waals surface area contributed by atoms with Crippen LogP contribution in [0.15, 0.2) is 18.2 Å². The van der Waals surface area contributed by atoms with Crippen molar-refractivity contribution in [1.29, 1.82) is 0 Å². The number of nitrogens with zero attached hydrogens (tertiary/aromatic N) is 1. The molecule has 2 aliphatic rings. The number of amides is 2. The van der Waals surface area contributed by atoms with Crippen LogP contribution in [-0.2, 0) is 0 Å². The first kappa shape index (κ1) is 10.3. The number of nitrogens with one attached hydrogen (secondary N) is 2. The molecule has 2 N–H and O–H groups in total. The van der Waals surface area contributed by atoms with E-state index in [2.05, 4.69) is 16.0 Å². The maximum atomic E-state index is 12.1. The summed E-state index contributed by atoms with van der Waals surface area (Å²) < 4.78 is 0. The summed E-state index contributed by atoms with van der Waals surface area (Å²) in [6.45, 7) is 0.895. The highest BCUT2D eigenvalue weighted by Gasteiger charge is 2.25. The smallest absolute Gasteiger partial charge is 0.307 e. The highest BCUT2D eigenvalue weighted by atomic mass is 16.2. The Bertz CT molecular complexity index is 493. The first-order valence-electron chi connectivity index (χ1n) is 5.68. The molecule has 3 rings (SSSR count). The van der Waals surface area contributed by atoms with E-state index in [-0.39, 0.29) is 17.9 Å². The molecule has 0 spiro atoms. The van der Waals surface area contributed by atoms with Gasteiger partial charge in [-0.2, -0.15) is 5.32 Å². The van der Waals surface area contributed by atoms with E-state index < -0.39 is 0 Å². The molecule has 2 amide bonds. The maximum Gasteiger partial charge on any atom is 0.346 e. The van der Waals surface area contributed by atoms with Crippen LogP contribution in [0, 0.1) is 0 Å². The lowest BCUT2D eigenvalue weighted by molar-refractivity contribution is 0.0952. The van der Waals surface area contributed by atoms with Gasteiger partial charge in [-0.25, -0.2) is 4.79 Å². The van der Waals surface area contributed by atoms with Gasteiger partial charge in [-0.15, -0.1) is 0 Å². The van der Waals surface area contributed by atoms with E-state index in [1.54, 1.807) is 18.2 Å². The van der Waals surface area contributed by atoms with Crippen LogP contribution < -0.4 is 16.0 Å². The molecular weight excluding hydrogens is 218 g/mol. The van der Waals surface area contributed by atoms with E-state index in [9.17, 15) is 9.59 Å². The minimum atomic E-state index is -0.372. The molecule has 0 bridgehead atoms. The summed E-state index contributed by atoms with van der Waals surface area (Å²) >= 11 is 0. The third-order valence-corrected chi connectivity index (χ3v) is 3.12. The van der Waals surface area contributed by atoms with Gasteiger partial charge in [0, 0.05) is 5.56 Å². The normalized spacial score (nSPS) is 21.9. The Kier molecular flexibility index (Phi) is 2.33. The molecule has 1 saturated heterocycles. The summed E-state index contributed by atoms with van der Waals surface area (Å²) in [6, 6.07) is 4.69. The van der Waals surface area contributed by atoms with Crippen molar-refractivity contribution >= 4 is 23.2 Å². The van der Waals surface area contributed by atoms with Gasteiger partial charge in [-0.3, -0.25) is 4.79 Å². The molecule has 0 aromatic heterocycles. The molecule has 17 heavy (non-hydrogen) atoms. The number of carbonyl (C=O) groups is 2. The molecule has 5 heteroatoms. The maximum absolute atomic E-state index is 12.1. The van der Waals surface area contributed by atoms with Crippen LogP contribution in [0.25, 0.3) is 0 Å². The van der Waals surface area contributed by atoms with E-state index in [1.807, 2.05) is 0 Å². The molecule has 1 fully saturated rings. The van der Waals surface area contributed by atoms with Crippen molar-refractivity contribution in [3.05, 3.63) is 23.8 Å². The molecule has 1 aromatic rings. The highest BCUT2D eigenvalue weighted by Crippen LogP contribution is 2.29. The predicted molar refractivity (Wildman–Crippen MR) is 62.6 cm³/mol. The Morgan fingerprint density at radius 1 is 1.41 bits per heavy atom. The lowest BCUT2D eigenvalue weighted by Gasteiger charge is -2.09. The second-order valence-corrected chi connectivity index (χ2v) is 4.29. The van der Waals surface area contributed by atoms with Crippen LogP contribution in [0.3, 0.4) is 0 Å². The van der Waals surface area contributed by atoms with Gasteiger partial charge < -0.3 is 10.6 Å². The minimum Gasteiger partial charge on any atom is -0.307 e. The fourth-order valence-electron chi connectivity index (χ4n) is 2.25. The molecule has 1 atom stereocenters. The van der Waals surface area contributed by atoms with Gasteiger partial charge in [0.05, 0.1) is 17.4 Å². The molecule has 0 aliphatic carbocycles. The SMILES string of the molecule is O=C1[N]c2cc(C(=O)C3CCCN3)ccc2N1. The summed E-state index contributed by atoms with van der Waals surface area (Å²) in [4.78, 5) is 23.2. The number of hydrogen-bond donors (Lipinski definition) is 2. The van der Waals surface area contributed by atoms with E-state index in [0.29, 0.717) is 16.9 Å². The van der Waals surface area contributed by atoms with Gasteiger partial charge >= 0.3 is 6.03 Å². The van der Waals surface area contributed by atoms with Crippen LogP contribution in [-0.4, -0.2) is 24.4 Å². The topological polar surface area (TPSA) is 72.3 Å². The van der Waals surface area contributed by atoms with Gasteiger partial charge in [-0.1, -0.05) is 0 Å². The standard InChI is InChI=1S/C12H12N3O2/c16-11(9-2-1-5-13-9)7-3-4-8-10(6-7)15-12(17)14-8/h3-4,6,9,13H,1-2,5H2,(H,14,17). The Balaban J connectivity index is 1.87. The third kappa shape index (κ3) is 1.78. The van der Waals surface area contributed by atoms with Crippen molar-refractivity contribution in [3.63, 3.8) is 0 Å². The average Bonchev–Trinajstić information content (AvgIpc) is 2.94. The number of hydrogen-bond acceptors (Lipinski definition) is 3. The third-order valence-electron chi connectivity index (χ3n) is 3.12. The van der Waals surface area contributed by atoms with Gasteiger partial charge in [-0.05, 0) is 37.6 Å².